The van der Waals surface area contributed by atoms with E-state index in [1.165, 1.54) is 18.2 Å². The van der Waals surface area contributed by atoms with Gasteiger partial charge in [-0.2, -0.15) is 0 Å². The molecule has 0 radical (unpaired) electrons. The molecule has 3 aromatic rings. The predicted molar refractivity (Wildman–Crippen MR) is 105 cm³/mol. The average molecular weight is 405 g/mol. The van der Waals surface area contributed by atoms with Gasteiger partial charge in [-0.1, -0.05) is 24.3 Å². The van der Waals surface area contributed by atoms with Crippen molar-refractivity contribution in [2.24, 2.45) is 0 Å². The number of halogens is 3. The van der Waals surface area contributed by atoms with Gasteiger partial charge in [-0.25, -0.2) is 13.8 Å². The lowest BCUT2D eigenvalue weighted by atomic mass is 10.1. The molecule has 1 aromatic heterocycles. The van der Waals surface area contributed by atoms with Crippen molar-refractivity contribution in [3.63, 3.8) is 0 Å². The lowest BCUT2D eigenvalue weighted by molar-refractivity contribution is 0.0741. The van der Waals surface area contributed by atoms with Gasteiger partial charge in [-0.15, -0.1) is 12.4 Å². The summed E-state index contributed by atoms with van der Waals surface area (Å²) in [7, 11) is 0. The van der Waals surface area contributed by atoms with E-state index in [1.54, 1.807) is 52.2 Å². The van der Waals surface area contributed by atoms with Crippen LogP contribution in [0.2, 0.25) is 0 Å². The highest BCUT2D eigenvalue weighted by molar-refractivity contribution is 5.94. The maximum Gasteiger partial charge on any atom is 0.256 e. The van der Waals surface area contributed by atoms with Gasteiger partial charge < -0.3 is 9.80 Å². The van der Waals surface area contributed by atoms with Gasteiger partial charge in [0.15, 0.2) is 0 Å². The van der Waals surface area contributed by atoms with Gasteiger partial charge in [0.2, 0.25) is 5.95 Å². The molecule has 0 saturated carbocycles. The van der Waals surface area contributed by atoms with Crippen LogP contribution in [-0.4, -0.2) is 46.5 Å². The Hall–Kier alpha value is -2.93. The summed E-state index contributed by atoms with van der Waals surface area (Å²) in [6, 6.07) is 12.5. The van der Waals surface area contributed by atoms with Crippen molar-refractivity contribution in [1.82, 2.24) is 14.5 Å². The van der Waals surface area contributed by atoms with Crippen LogP contribution in [0.1, 0.15) is 10.4 Å². The minimum Gasteiger partial charge on any atom is -0.338 e. The van der Waals surface area contributed by atoms with Gasteiger partial charge >= 0.3 is 0 Å². The standard InChI is InChI=1S/C20H18F2N4O.ClH/c21-16-6-2-1-5-15(16)19(27)24-11-13-25(14-12-24)20-23-9-10-26(20)18-8-4-3-7-17(18)22;/h1-10H,11-14H2;1H. The second-order valence-electron chi connectivity index (χ2n) is 6.31. The van der Waals surface area contributed by atoms with Crippen molar-refractivity contribution in [2.75, 3.05) is 31.1 Å². The van der Waals surface area contributed by atoms with Gasteiger partial charge in [0.1, 0.15) is 11.6 Å². The number of carbonyl (C=O) groups is 1. The van der Waals surface area contributed by atoms with Crippen LogP contribution in [0.4, 0.5) is 14.7 Å². The first-order chi connectivity index (χ1) is 13.1. The van der Waals surface area contributed by atoms with Crippen LogP contribution in [0, 0.1) is 11.6 Å². The normalized spacial score (nSPS) is 13.9. The van der Waals surface area contributed by atoms with E-state index in [4.69, 9.17) is 0 Å². The number of piperazine rings is 1. The number of anilines is 1. The second-order valence-corrected chi connectivity index (χ2v) is 6.31. The molecule has 0 bridgehead atoms. The van der Waals surface area contributed by atoms with E-state index in [1.807, 2.05) is 4.90 Å². The van der Waals surface area contributed by atoms with E-state index in [0.717, 1.165) is 0 Å². The van der Waals surface area contributed by atoms with Gasteiger partial charge in [0, 0.05) is 38.6 Å². The van der Waals surface area contributed by atoms with E-state index < -0.39 is 5.82 Å². The summed E-state index contributed by atoms with van der Waals surface area (Å²) in [6.45, 7) is 1.95. The minimum atomic E-state index is -0.514. The first-order valence-electron chi connectivity index (χ1n) is 8.72. The molecule has 1 aliphatic heterocycles. The van der Waals surface area contributed by atoms with Crippen LogP contribution >= 0.6 is 12.4 Å². The molecule has 1 amide bonds. The largest absolute Gasteiger partial charge is 0.338 e. The van der Waals surface area contributed by atoms with E-state index in [9.17, 15) is 13.6 Å². The quantitative estimate of drug-likeness (QED) is 0.670. The molecule has 0 aliphatic carbocycles. The average Bonchev–Trinajstić information content (AvgIpc) is 3.18. The number of rotatable bonds is 3. The Kier molecular flexibility index (Phi) is 5.94. The van der Waals surface area contributed by atoms with Crippen molar-refractivity contribution in [2.45, 2.75) is 0 Å². The summed E-state index contributed by atoms with van der Waals surface area (Å²) in [4.78, 5) is 20.5. The van der Waals surface area contributed by atoms with Crippen LogP contribution < -0.4 is 4.90 Å². The van der Waals surface area contributed by atoms with Crippen LogP contribution in [-0.2, 0) is 0 Å². The fourth-order valence-corrected chi connectivity index (χ4v) is 3.28. The monoisotopic (exact) mass is 404 g/mol. The number of nitrogens with zero attached hydrogens (tertiary/aromatic N) is 4. The topological polar surface area (TPSA) is 41.4 Å². The highest BCUT2D eigenvalue weighted by Gasteiger charge is 2.26. The molecule has 146 valence electrons. The van der Waals surface area contributed by atoms with Crippen LogP contribution in [0.5, 0.6) is 0 Å². The summed E-state index contributed by atoms with van der Waals surface area (Å²) in [5.41, 5.74) is 0.508. The minimum absolute atomic E-state index is 0. The molecule has 0 atom stereocenters. The molecule has 0 N–H and O–H groups in total. The lowest BCUT2D eigenvalue weighted by Gasteiger charge is -2.35. The molecule has 4 rings (SSSR count). The molecular weight excluding hydrogens is 386 g/mol. The molecule has 0 spiro atoms. The molecule has 1 fully saturated rings. The summed E-state index contributed by atoms with van der Waals surface area (Å²) in [5.74, 6) is -0.534. The highest BCUT2D eigenvalue weighted by Crippen LogP contribution is 2.22. The Bertz CT molecular complexity index is 970. The Labute approximate surface area is 167 Å². The third-order valence-electron chi connectivity index (χ3n) is 4.69. The third-order valence-corrected chi connectivity index (χ3v) is 4.69. The smallest absolute Gasteiger partial charge is 0.256 e. The summed E-state index contributed by atoms with van der Waals surface area (Å²) in [5, 5.41) is 0. The van der Waals surface area contributed by atoms with Crippen LogP contribution in [0.15, 0.2) is 60.9 Å². The number of imidazole rings is 1. The fourth-order valence-electron chi connectivity index (χ4n) is 3.28. The summed E-state index contributed by atoms with van der Waals surface area (Å²) in [6.07, 6.45) is 3.34. The number of hydrogen-bond donors (Lipinski definition) is 0. The molecular formula is C20H19ClF2N4O. The Balaban J connectivity index is 0.00000225. The van der Waals surface area contributed by atoms with Gasteiger partial charge in [0.25, 0.3) is 5.91 Å². The number of para-hydroxylation sites is 1. The molecule has 1 aliphatic rings. The number of aromatic nitrogens is 2. The van der Waals surface area contributed by atoms with Crippen LogP contribution in [0.25, 0.3) is 5.69 Å². The van der Waals surface area contributed by atoms with Crippen molar-refractivity contribution in [3.8, 4) is 5.69 Å². The molecule has 5 nitrogen and oxygen atoms in total. The zero-order valence-corrected chi connectivity index (χ0v) is 15.8. The van der Waals surface area contributed by atoms with E-state index in [0.29, 0.717) is 37.8 Å². The number of benzene rings is 2. The maximum atomic E-state index is 14.1. The highest BCUT2D eigenvalue weighted by atomic mass is 35.5. The SMILES string of the molecule is Cl.O=C(c1ccccc1F)N1CCN(c2nccn2-c2ccccc2F)CC1. The van der Waals surface area contributed by atoms with Crippen molar-refractivity contribution in [3.05, 3.63) is 78.1 Å². The van der Waals surface area contributed by atoms with E-state index in [-0.39, 0.29) is 29.7 Å². The fraction of sp³-hybridized carbons (Fsp3) is 0.200. The first kappa shape index (κ1) is 19.8. The molecule has 8 heteroatoms. The van der Waals surface area contributed by atoms with Crippen molar-refractivity contribution < 1.29 is 13.6 Å². The molecule has 2 aromatic carbocycles. The second kappa shape index (κ2) is 8.39. The number of amides is 1. The number of hydrogen-bond acceptors (Lipinski definition) is 3. The van der Waals surface area contributed by atoms with Gasteiger partial charge in [0.05, 0.1) is 11.3 Å². The third kappa shape index (κ3) is 3.71. The summed E-state index contributed by atoms with van der Waals surface area (Å²) < 4.78 is 29.7. The van der Waals surface area contributed by atoms with Crippen molar-refractivity contribution in [1.29, 1.82) is 0 Å². The Morgan fingerprint density at radius 3 is 2.21 bits per heavy atom. The van der Waals surface area contributed by atoms with Gasteiger partial charge in [-0.05, 0) is 24.3 Å². The molecule has 28 heavy (non-hydrogen) atoms. The van der Waals surface area contributed by atoms with E-state index >= 15 is 0 Å². The van der Waals surface area contributed by atoms with E-state index in [2.05, 4.69) is 4.98 Å². The molecule has 1 saturated heterocycles. The zero-order valence-electron chi connectivity index (χ0n) is 15.0. The van der Waals surface area contributed by atoms with Crippen molar-refractivity contribution >= 4 is 24.3 Å². The molecule has 0 unspecified atom stereocenters. The zero-order chi connectivity index (χ0) is 18.8. The Morgan fingerprint density at radius 2 is 1.54 bits per heavy atom. The van der Waals surface area contributed by atoms with Crippen LogP contribution in [0.3, 0.4) is 0 Å². The van der Waals surface area contributed by atoms with Gasteiger partial charge in [-0.3, -0.25) is 9.36 Å². The maximum absolute atomic E-state index is 14.1. The Morgan fingerprint density at radius 1 is 0.893 bits per heavy atom. The summed E-state index contributed by atoms with van der Waals surface area (Å²) >= 11 is 0. The lowest BCUT2D eigenvalue weighted by Crippen LogP contribution is -2.49. The number of carbonyl (C=O) groups excluding carboxylic acids is 1. The predicted octanol–water partition coefficient (Wildman–Crippen LogP) is 3.53. The molecule has 2 heterocycles. The first-order valence-corrected chi connectivity index (χ1v) is 8.72.